The molecule has 0 unspecified atom stereocenters. The zero-order valence-electron chi connectivity index (χ0n) is 29.8. The predicted octanol–water partition coefficient (Wildman–Crippen LogP) is 16.0. The molecule has 0 radical (unpaired) electrons. The summed E-state index contributed by atoms with van der Waals surface area (Å²) in [7, 11) is 0. The molecule has 0 aliphatic carbocycles. The van der Waals surface area contributed by atoms with Gasteiger partial charge in [0.25, 0.3) is 0 Å². The number of benzene rings is 9. The second-order valence-corrected chi connectivity index (χ2v) is 16.2. The molecule has 0 bridgehead atoms. The lowest BCUT2D eigenvalue weighted by atomic mass is 9.94. The highest BCUT2D eigenvalue weighted by Gasteiger charge is 2.25. The minimum atomic E-state index is 1.13. The SMILES string of the molecule is c1ccc(-c2ccc(-c3ccc4ccccc4c3)cc2N(c2ccccc2-c2cccc3c2sc2ccccc23)c2cccc3sc4ccccc4c23)cc1. The van der Waals surface area contributed by atoms with Gasteiger partial charge in [-0.05, 0) is 69.9 Å². The van der Waals surface area contributed by atoms with Gasteiger partial charge in [0, 0.05) is 57.0 Å². The molecule has 0 atom stereocenters. The smallest absolute Gasteiger partial charge is 0.0555 e. The Kier molecular flexibility index (Phi) is 7.61. The fraction of sp³-hybridized carbons (Fsp3) is 0. The van der Waals surface area contributed by atoms with Gasteiger partial charge in [-0.1, -0.05) is 158 Å². The summed E-state index contributed by atoms with van der Waals surface area (Å²) in [5.74, 6) is 0. The van der Waals surface area contributed by atoms with Crippen molar-refractivity contribution in [2.45, 2.75) is 0 Å². The van der Waals surface area contributed by atoms with Crippen molar-refractivity contribution in [1.82, 2.24) is 0 Å². The van der Waals surface area contributed by atoms with Crippen molar-refractivity contribution in [2.24, 2.45) is 0 Å². The van der Waals surface area contributed by atoms with Crippen LogP contribution in [0.2, 0.25) is 0 Å². The Balaban J connectivity index is 1.24. The first kappa shape index (κ1) is 32.0. The van der Waals surface area contributed by atoms with Crippen LogP contribution in [0.25, 0.3) is 84.5 Å². The van der Waals surface area contributed by atoms with Crippen molar-refractivity contribution < 1.29 is 0 Å². The zero-order chi connectivity index (χ0) is 36.3. The van der Waals surface area contributed by atoms with Crippen LogP contribution >= 0.6 is 22.7 Å². The molecular formula is C52H33NS2. The van der Waals surface area contributed by atoms with E-state index in [4.69, 9.17) is 0 Å². The number of nitrogens with zero attached hydrogens (tertiary/aromatic N) is 1. The van der Waals surface area contributed by atoms with E-state index in [1.807, 2.05) is 22.7 Å². The summed E-state index contributed by atoms with van der Waals surface area (Å²) in [5, 5.41) is 7.64. The number of hydrogen-bond donors (Lipinski definition) is 0. The molecule has 0 aliphatic rings. The van der Waals surface area contributed by atoms with Gasteiger partial charge in [0.15, 0.2) is 0 Å². The molecule has 1 nitrogen and oxygen atoms in total. The van der Waals surface area contributed by atoms with E-state index < -0.39 is 0 Å². The molecule has 0 N–H and O–H groups in total. The van der Waals surface area contributed by atoms with Crippen molar-refractivity contribution in [3.63, 3.8) is 0 Å². The van der Waals surface area contributed by atoms with Gasteiger partial charge in [-0.2, -0.15) is 0 Å². The standard InChI is InChI=1S/C52H33NS2/c1-2-15-35(16-3-1)39-31-30-38(37-29-28-34-14-4-5-17-36(34)32-37)33-47(39)53(46-24-13-27-50-51(46)44-20-8-11-26-49(44)54-50)45-23-9-6-18-40(45)42-21-12-22-43-41-19-7-10-25-48(41)55-52(42)43/h1-33H. The van der Waals surface area contributed by atoms with Crippen LogP contribution in [-0.2, 0) is 0 Å². The maximum atomic E-state index is 2.55. The second-order valence-electron chi connectivity index (χ2n) is 14.0. The molecule has 0 saturated carbocycles. The number of anilines is 3. The maximum Gasteiger partial charge on any atom is 0.0555 e. The number of para-hydroxylation sites is 1. The molecule has 258 valence electrons. The minimum absolute atomic E-state index is 1.13. The van der Waals surface area contributed by atoms with Crippen LogP contribution in [0.3, 0.4) is 0 Å². The predicted molar refractivity (Wildman–Crippen MR) is 241 cm³/mol. The fourth-order valence-corrected chi connectivity index (χ4v) is 10.7. The molecule has 11 rings (SSSR count). The minimum Gasteiger partial charge on any atom is -0.309 e. The number of hydrogen-bond acceptors (Lipinski definition) is 3. The first-order valence-electron chi connectivity index (χ1n) is 18.7. The molecule has 0 spiro atoms. The molecule has 2 aromatic heterocycles. The van der Waals surface area contributed by atoms with Gasteiger partial charge in [0.1, 0.15) is 0 Å². The van der Waals surface area contributed by atoms with Crippen molar-refractivity contribution in [3.05, 3.63) is 200 Å². The monoisotopic (exact) mass is 735 g/mol. The lowest BCUT2D eigenvalue weighted by Crippen LogP contribution is -2.13. The summed E-state index contributed by atoms with van der Waals surface area (Å²) < 4.78 is 5.19. The quantitative estimate of drug-likeness (QED) is 0.164. The average Bonchev–Trinajstić information content (AvgIpc) is 3.83. The van der Waals surface area contributed by atoms with Crippen LogP contribution in [0, 0.1) is 0 Å². The van der Waals surface area contributed by atoms with E-state index >= 15 is 0 Å². The van der Waals surface area contributed by atoms with Crippen molar-refractivity contribution in [1.29, 1.82) is 0 Å². The summed E-state index contributed by atoms with van der Waals surface area (Å²) >= 11 is 3.75. The van der Waals surface area contributed by atoms with Crippen LogP contribution in [0.15, 0.2) is 200 Å². The van der Waals surface area contributed by atoms with Crippen LogP contribution in [0.5, 0.6) is 0 Å². The maximum absolute atomic E-state index is 2.55. The van der Waals surface area contributed by atoms with Gasteiger partial charge in [-0.15, -0.1) is 22.7 Å². The van der Waals surface area contributed by atoms with E-state index in [1.165, 1.54) is 90.2 Å². The van der Waals surface area contributed by atoms with Crippen LogP contribution in [-0.4, -0.2) is 0 Å². The Bertz CT molecular complexity index is 3220. The highest BCUT2D eigenvalue weighted by molar-refractivity contribution is 7.26. The Morgan fingerprint density at radius 1 is 0.309 bits per heavy atom. The van der Waals surface area contributed by atoms with E-state index in [2.05, 4.69) is 205 Å². The van der Waals surface area contributed by atoms with Crippen molar-refractivity contribution in [3.8, 4) is 33.4 Å². The highest BCUT2D eigenvalue weighted by Crippen LogP contribution is 2.51. The van der Waals surface area contributed by atoms with Crippen molar-refractivity contribution >= 4 is 90.9 Å². The Morgan fingerprint density at radius 3 is 1.82 bits per heavy atom. The number of thiophene rings is 2. The van der Waals surface area contributed by atoms with E-state index in [0.29, 0.717) is 0 Å². The van der Waals surface area contributed by atoms with Gasteiger partial charge in [-0.3, -0.25) is 0 Å². The Morgan fingerprint density at radius 2 is 0.927 bits per heavy atom. The third-order valence-corrected chi connectivity index (χ3v) is 13.2. The van der Waals surface area contributed by atoms with E-state index in [-0.39, 0.29) is 0 Å². The summed E-state index contributed by atoms with van der Waals surface area (Å²) in [5.41, 5.74) is 10.6. The molecule has 0 amide bonds. The van der Waals surface area contributed by atoms with Crippen LogP contribution in [0.4, 0.5) is 17.1 Å². The Hall–Kier alpha value is -6.52. The molecule has 0 aliphatic heterocycles. The average molecular weight is 736 g/mol. The molecule has 3 heteroatoms. The summed E-state index contributed by atoms with van der Waals surface area (Å²) in [4.78, 5) is 2.55. The third-order valence-electron chi connectivity index (χ3n) is 10.9. The van der Waals surface area contributed by atoms with Gasteiger partial charge in [-0.25, -0.2) is 0 Å². The molecule has 2 heterocycles. The van der Waals surface area contributed by atoms with E-state index in [1.54, 1.807) is 0 Å². The summed E-state index contributed by atoms with van der Waals surface area (Å²) in [6.45, 7) is 0. The lowest BCUT2D eigenvalue weighted by Gasteiger charge is -2.31. The summed E-state index contributed by atoms with van der Waals surface area (Å²) in [6, 6.07) is 73.6. The molecule has 11 aromatic rings. The van der Waals surface area contributed by atoms with Gasteiger partial charge in [0.2, 0.25) is 0 Å². The van der Waals surface area contributed by atoms with E-state index in [9.17, 15) is 0 Å². The zero-order valence-corrected chi connectivity index (χ0v) is 31.4. The van der Waals surface area contributed by atoms with Gasteiger partial charge < -0.3 is 4.90 Å². The number of fused-ring (bicyclic) bond motifs is 7. The molecular weight excluding hydrogens is 703 g/mol. The molecule has 55 heavy (non-hydrogen) atoms. The topological polar surface area (TPSA) is 3.24 Å². The van der Waals surface area contributed by atoms with Gasteiger partial charge in [0.05, 0.1) is 17.1 Å². The molecule has 0 saturated heterocycles. The largest absolute Gasteiger partial charge is 0.309 e. The van der Waals surface area contributed by atoms with Crippen LogP contribution in [0.1, 0.15) is 0 Å². The second kappa shape index (κ2) is 13.1. The normalized spacial score (nSPS) is 11.6. The van der Waals surface area contributed by atoms with Gasteiger partial charge >= 0.3 is 0 Å². The Labute approximate surface area is 327 Å². The van der Waals surface area contributed by atoms with Crippen molar-refractivity contribution in [2.75, 3.05) is 4.90 Å². The highest BCUT2D eigenvalue weighted by atomic mass is 32.1. The third kappa shape index (κ3) is 5.35. The number of rotatable bonds is 6. The first-order chi connectivity index (χ1) is 27.3. The lowest BCUT2D eigenvalue weighted by molar-refractivity contribution is 1.30. The molecule has 0 fully saturated rings. The van der Waals surface area contributed by atoms with E-state index in [0.717, 1.165) is 11.4 Å². The van der Waals surface area contributed by atoms with Crippen LogP contribution < -0.4 is 4.90 Å². The molecule has 9 aromatic carbocycles. The fourth-order valence-electron chi connectivity index (χ4n) is 8.31. The first-order valence-corrected chi connectivity index (χ1v) is 20.3. The summed E-state index contributed by atoms with van der Waals surface area (Å²) in [6.07, 6.45) is 0.